The maximum Gasteiger partial charge on any atom is 0.308 e. The van der Waals surface area contributed by atoms with Gasteiger partial charge < -0.3 is 20.1 Å². The summed E-state index contributed by atoms with van der Waals surface area (Å²) >= 11 is 1.62. The Morgan fingerprint density at radius 1 is 1.11 bits per heavy atom. The third-order valence-electron chi connectivity index (χ3n) is 5.68. The summed E-state index contributed by atoms with van der Waals surface area (Å²) in [4.78, 5) is 11.4. The van der Waals surface area contributed by atoms with Crippen LogP contribution in [0.25, 0.3) is 0 Å². The molecule has 0 aromatic heterocycles. The summed E-state index contributed by atoms with van der Waals surface area (Å²) in [5, 5.41) is 30.8. The Kier molecular flexibility index (Phi) is 12.6. The van der Waals surface area contributed by atoms with Crippen LogP contribution in [0, 0.1) is 11.8 Å². The van der Waals surface area contributed by atoms with Gasteiger partial charge in [-0.05, 0) is 25.2 Å². The number of carbonyl (C=O) groups excluding carboxylic acids is 1. The minimum atomic E-state index is -0.489. The molecule has 0 aromatic carbocycles. The van der Waals surface area contributed by atoms with Gasteiger partial charge in [-0.2, -0.15) is 11.8 Å². The predicted molar refractivity (Wildman–Crippen MR) is 111 cm³/mol. The Morgan fingerprint density at radius 3 is 2.48 bits per heavy atom. The average Bonchev–Trinajstić information content (AvgIpc) is 2.91. The monoisotopic (exact) mass is 404 g/mol. The van der Waals surface area contributed by atoms with Crippen LogP contribution in [0.1, 0.15) is 78.1 Å². The van der Waals surface area contributed by atoms with Gasteiger partial charge in [-0.1, -0.05) is 52.4 Å². The number of ether oxygens (including phenoxy) is 1. The van der Waals surface area contributed by atoms with Crippen molar-refractivity contribution in [2.45, 2.75) is 102 Å². The largest absolute Gasteiger partial charge is 0.469 e. The minimum Gasteiger partial charge on any atom is -0.469 e. The van der Waals surface area contributed by atoms with Gasteiger partial charge in [-0.15, -0.1) is 0 Å². The number of thioether (sulfide) groups is 1. The van der Waals surface area contributed by atoms with Crippen LogP contribution >= 0.6 is 11.8 Å². The molecule has 160 valence electrons. The van der Waals surface area contributed by atoms with Crippen LogP contribution < -0.4 is 0 Å². The first-order valence-electron chi connectivity index (χ1n) is 10.6. The molecule has 1 fully saturated rings. The molecule has 3 N–H and O–H groups in total. The van der Waals surface area contributed by atoms with Gasteiger partial charge in [0.2, 0.25) is 0 Å². The molecule has 0 heterocycles. The second kappa shape index (κ2) is 13.8. The number of hydrogen-bond acceptors (Lipinski definition) is 6. The zero-order valence-corrected chi connectivity index (χ0v) is 18.1. The van der Waals surface area contributed by atoms with E-state index in [1.165, 1.54) is 7.11 Å². The molecular formula is C21H40O5S. The highest BCUT2D eigenvalue weighted by atomic mass is 32.2. The van der Waals surface area contributed by atoms with E-state index in [0.29, 0.717) is 12.2 Å². The van der Waals surface area contributed by atoms with Crippen molar-refractivity contribution < 1.29 is 24.9 Å². The van der Waals surface area contributed by atoms with Crippen molar-refractivity contribution in [3.63, 3.8) is 0 Å². The van der Waals surface area contributed by atoms with E-state index in [2.05, 4.69) is 6.92 Å². The molecule has 27 heavy (non-hydrogen) atoms. The maximum atomic E-state index is 11.4. The predicted octanol–water partition coefficient (Wildman–Crippen LogP) is 3.53. The quantitative estimate of drug-likeness (QED) is 0.303. The zero-order valence-electron chi connectivity index (χ0n) is 17.3. The second-order valence-electron chi connectivity index (χ2n) is 8.04. The van der Waals surface area contributed by atoms with Crippen LogP contribution in [0.2, 0.25) is 0 Å². The number of methoxy groups -OCH3 is 1. The molecule has 5 nitrogen and oxygen atoms in total. The Labute approximate surface area is 169 Å². The fourth-order valence-electron chi connectivity index (χ4n) is 3.91. The third kappa shape index (κ3) is 9.16. The number of carbonyl (C=O) groups is 1. The molecule has 0 spiro atoms. The first-order valence-corrected chi connectivity index (χ1v) is 11.7. The Morgan fingerprint density at radius 2 is 1.81 bits per heavy atom. The van der Waals surface area contributed by atoms with Gasteiger partial charge in [0, 0.05) is 17.4 Å². The highest BCUT2D eigenvalue weighted by Gasteiger charge is 2.41. The Balaban J connectivity index is 2.31. The summed E-state index contributed by atoms with van der Waals surface area (Å²) in [5.41, 5.74) is 0. The van der Waals surface area contributed by atoms with E-state index in [1.54, 1.807) is 11.8 Å². The van der Waals surface area contributed by atoms with E-state index in [1.807, 2.05) is 6.92 Å². The molecule has 0 amide bonds. The van der Waals surface area contributed by atoms with E-state index in [0.717, 1.165) is 57.8 Å². The highest BCUT2D eigenvalue weighted by Crippen LogP contribution is 2.39. The average molecular weight is 405 g/mol. The zero-order chi connectivity index (χ0) is 20.2. The smallest absolute Gasteiger partial charge is 0.308 e. The topological polar surface area (TPSA) is 87.0 Å². The second-order valence-corrected chi connectivity index (χ2v) is 9.26. The van der Waals surface area contributed by atoms with Gasteiger partial charge in [0.1, 0.15) is 0 Å². The molecule has 1 rings (SSSR count). The molecule has 0 saturated heterocycles. The molecule has 0 aliphatic heterocycles. The van der Waals surface area contributed by atoms with Gasteiger partial charge in [0.05, 0.1) is 31.3 Å². The molecule has 0 bridgehead atoms. The number of aliphatic hydroxyl groups is 3. The third-order valence-corrected chi connectivity index (χ3v) is 7.30. The van der Waals surface area contributed by atoms with Crippen molar-refractivity contribution in [3.8, 4) is 0 Å². The summed E-state index contributed by atoms with van der Waals surface area (Å²) in [6.07, 6.45) is 7.99. The Hall–Kier alpha value is -0.300. The number of hydrogen-bond donors (Lipinski definition) is 3. The molecule has 0 aromatic rings. The summed E-state index contributed by atoms with van der Waals surface area (Å²) in [6, 6.07) is 0. The minimum absolute atomic E-state index is 0.00909. The van der Waals surface area contributed by atoms with Gasteiger partial charge in [0.25, 0.3) is 0 Å². The molecule has 1 aliphatic rings. The number of aliphatic hydroxyl groups excluding tert-OH is 3. The lowest BCUT2D eigenvalue weighted by Gasteiger charge is -2.24. The first kappa shape index (κ1) is 24.7. The standard InChI is InChI=1S/C21H40O5S/c1-4-5-7-11-16(22)14-27-20-17(18(23)13-19(20)24)12-9-6-8-10-15(2)21(25)26-3/h15-20,22-24H,4-14H2,1-3H3/t15?,16?,17-,18?,19?,20+/m0/s1. The van der Waals surface area contributed by atoms with Crippen LogP contribution in [-0.4, -0.2) is 57.7 Å². The SMILES string of the molecule is CCCCCC(O)CS[C@H]1C(O)CC(O)[C@@H]1CCCCCC(C)C(=O)OC. The van der Waals surface area contributed by atoms with E-state index in [4.69, 9.17) is 4.74 Å². The van der Waals surface area contributed by atoms with E-state index < -0.39 is 12.2 Å². The summed E-state index contributed by atoms with van der Waals surface area (Å²) in [7, 11) is 1.42. The van der Waals surface area contributed by atoms with Crippen molar-refractivity contribution in [3.05, 3.63) is 0 Å². The van der Waals surface area contributed by atoms with E-state index in [9.17, 15) is 20.1 Å². The lowest BCUT2D eigenvalue weighted by atomic mass is 9.95. The van der Waals surface area contributed by atoms with Gasteiger partial charge >= 0.3 is 5.97 Å². The van der Waals surface area contributed by atoms with E-state index >= 15 is 0 Å². The highest BCUT2D eigenvalue weighted by molar-refractivity contribution is 8.00. The molecule has 1 saturated carbocycles. The maximum absolute atomic E-state index is 11.4. The lowest BCUT2D eigenvalue weighted by Crippen LogP contribution is -2.27. The van der Waals surface area contributed by atoms with Crippen molar-refractivity contribution in [2.24, 2.45) is 11.8 Å². The van der Waals surface area contributed by atoms with Gasteiger partial charge in [-0.3, -0.25) is 4.79 Å². The van der Waals surface area contributed by atoms with Gasteiger partial charge in [0.15, 0.2) is 0 Å². The summed E-state index contributed by atoms with van der Waals surface area (Å²) < 4.78 is 4.74. The number of esters is 1. The number of unbranched alkanes of at least 4 members (excludes halogenated alkanes) is 4. The molecule has 1 aliphatic carbocycles. The molecule has 0 radical (unpaired) electrons. The van der Waals surface area contributed by atoms with Crippen LogP contribution in [0.5, 0.6) is 0 Å². The van der Waals surface area contributed by atoms with Crippen molar-refractivity contribution in [1.29, 1.82) is 0 Å². The first-order chi connectivity index (χ1) is 12.9. The summed E-state index contributed by atoms with van der Waals surface area (Å²) in [5.74, 6) is 0.501. The van der Waals surface area contributed by atoms with Crippen LogP contribution in [0.15, 0.2) is 0 Å². The normalized spacial score (nSPS) is 27.5. The van der Waals surface area contributed by atoms with Crippen LogP contribution in [0.4, 0.5) is 0 Å². The summed E-state index contributed by atoms with van der Waals surface area (Å²) in [6.45, 7) is 4.04. The molecule has 6 atom stereocenters. The Bertz CT molecular complexity index is 406. The van der Waals surface area contributed by atoms with Crippen LogP contribution in [0.3, 0.4) is 0 Å². The molecule has 4 unspecified atom stereocenters. The van der Waals surface area contributed by atoms with Crippen LogP contribution in [-0.2, 0) is 9.53 Å². The van der Waals surface area contributed by atoms with Crippen molar-refractivity contribution in [1.82, 2.24) is 0 Å². The van der Waals surface area contributed by atoms with Gasteiger partial charge in [-0.25, -0.2) is 0 Å². The number of rotatable bonds is 14. The van der Waals surface area contributed by atoms with Crippen molar-refractivity contribution >= 4 is 17.7 Å². The van der Waals surface area contributed by atoms with Crippen molar-refractivity contribution in [2.75, 3.05) is 12.9 Å². The lowest BCUT2D eigenvalue weighted by molar-refractivity contribution is -0.145. The fraction of sp³-hybridized carbons (Fsp3) is 0.952. The fourth-order valence-corrected chi connectivity index (χ4v) is 5.42. The molecule has 6 heteroatoms. The molecular weight excluding hydrogens is 364 g/mol. The van der Waals surface area contributed by atoms with E-state index in [-0.39, 0.29) is 29.2 Å².